The molecule has 0 aliphatic carbocycles. The summed E-state index contributed by atoms with van der Waals surface area (Å²) in [4.78, 5) is 0. The Balaban J connectivity index is 2.50. The lowest BCUT2D eigenvalue weighted by atomic mass is 10.2. The van der Waals surface area contributed by atoms with Gasteiger partial charge in [-0.25, -0.2) is 0 Å². The van der Waals surface area contributed by atoms with Crippen molar-refractivity contribution in [1.82, 2.24) is 0 Å². The van der Waals surface area contributed by atoms with Crippen LogP contribution in [0.1, 0.15) is 52.4 Å². The topological polar surface area (TPSA) is 0 Å². The molecule has 0 saturated carbocycles. The smallest absolute Gasteiger partial charge is 0.0535 e. The maximum Gasteiger partial charge on any atom is 0.0535 e. The summed E-state index contributed by atoms with van der Waals surface area (Å²) in [6.07, 6.45) is 9.08. The van der Waals surface area contributed by atoms with Gasteiger partial charge in [0.25, 0.3) is 0 Å². The van der Waals surface area contributed by atoms with Gasteiger partial charge in [-0.15, -0.1) is 0 Å². The molecule has 1 saturated heterocycles. The van der Waals surface area contributed by atoms with Gasteiger partial charge in [0.1, 0.15) is 0 Å². The van der Waals surface area contributed by atoms with E-state index in [1.54, 1.807) is 37.0 Å². The molecule has 1 fully saturated rings. The molecule has 0 atom stereocenters. The van der Waals surface area contributed by atoms with Crippen molar-refractivity contribution in [1.29, 1.82) is 0 Å². The van der Waals surface area contributed by atoms with Crippen LogP contribution in [0.2, 0.25) is 24.2 Å². The van der Waals surface area contributed by atoms with Crippen LogP contribution < -0.4 is 0 Å². The Morgan fingerprint density at radius 3 is 1.62 bits per heavy atom. The Morgan fingerprint density at radius 1 is 0.769 bits per heavy atom. The summed E-state index contributed by atoms with van der Waals surface area (Å²) >= 11 is 0. The van der Waals surface area contributed by atoms with E-state index in [1.807, 2.05) is 0 Å². The van der Waals surface area contributed by atoms with Gasteiger partial charge >= 0.3 is 0 Å². The Labute approximate surface area is 85.1 Å². The molecular formula is C12H26Si. The Bertz CT molecular complexity index is 115. The minimum Gasteiger partial charge on any atom is -0.0657 e. The van der Waals surface area contributed by atoms with Crippen molar-refractivity contribution in [3.8, 4) is 0 Å². The Kier molecular flexibility index (Phi) is 5.08. The zero-order chi connectivity index (χ0) is 9.57. The second kappa shape index (κ2) is 5.84. The number of rotatable bonds is 4. The molecule has 0 amide bonds. The van der Waals surface area contributed by atoms with Crippen LogP contribution >= 0.6 is 0 Å². The molecule has 1 heteroatoms. The third-order valence-corrected chi connectivity index (χ3v) is 9.67. The van der Waals surface area contributed by atoms with E-state index in [2.05, 4.69) is 13.8 Å². The zero-order valence-electron chi connectivity index (χ0n) is 9.57. The van der Waals surface area contributed by atoms with Gasteiger partial charge in [0.05, 0.1) is 8.07 Å². The summed E-state index contributed by atoms with van der Waals surface area (Å²) in [6.45, 7) is 4.77. The molecule has 78 valence electrons. The largest absolute Gasteiger partial charge is 0.0657 e. The first kappa shape index (κ1) is 11.3. The normalized spacial score (nSPS) is 22.6. The van der Waals surface area contributed by atoms with Crippen molar-refractivity contribution in [2.75, 3.05) is 0 Å². The lowest BCUT2D eigenvalue weighted by Gasteiger charge is -2.30. The molecule has 1 rings (SSSR count). The van der Waals surface area contributed by atoms with Crippen LogP contribution in [-0.2, 0) is 0 Å². The van der Waals surface area contributed by atoms with Crippen molar-refractivity contribution in [2.24, 2.45) is 0 Å². The van der Waals surface area contributed by atoms with E-state index < -0.39 is 8.07 Å². The van der Waals surface area contributed by atoms with Crippen LogP contribution in [0.25, 0.3) is 0 Å². The average molecular weight is 198 g/mol. The fraction of sp³-hybridized carbons (Fsp3) is 1.00. The monoisotopic (exact) mass is 198 g/mol. The summed E-state index contributed by atoms with van der Waals surface area (Å²) < 4.78 is 0. The Morgan fingerprint density at radius 2 is 1.23 bits per heavy atom. The van der Waals surface area contributed by atoms with Crippen LogP contribution in [-0.4, -0.2) is 8.07 Å². The second-order valence-corrected chi connectivity index (χ2v) is 9.91. The zero-order valence-corrected chi connectivity index (χ0v) is 10.6. The minimum atomic E-state index is -0.733. The summed E-state index contributed by atoms with van der Waals surface area (Å²) in [5, 5.41) is 0. The van der Waals surface area contributed by atoms with Gasteiger partial charge in [-0.3, -0.25) is 0 Å². The van der Waals surface area contributed by atoms with Gasteiger partial charge in [-0.2, -0.15) is 0 Å². The number of hydrogen-bond donors (Lipinski definition) is 0. The van der Waals surface area contributed by atoms with Crippen molar-refractivity contribution in [3.63, 3.8) is 0 Å². The first-order valence-corrected chi connectivity index (χ1v) is 9.16. The van der Waals surface area contributed by atoms with Gasteiger partial charge < -0.3 is 0 Å². The van der Waals surface area contributed by atoms with E-state index in [4.69, 9.17) is 0 Å². The molecule has 0 N–H and O–H groups in total. The highest BCUT2D eigenvalue weighted by molar-refractivity contribution is 6.79. The van der Waals surface area contributed by atoms with Crippen LogP contribution in [0.4, 0.5) is 0 Å². The van der Waals surface area contributed by atoms with E-state index in [9.17, 15) is 0 Å². The lowest BCUT2D eigenvalue weighted by molar-refractivity contribution is 0.720. The molecule has 0 bridgehead atoms. The maximum absolute atomic E-state index is 2.38. The maximum atomic E-state index is 2.38. The van der Waals surface area contributed by atoms with Crippen LogP contribution in [0, 0.1) is 0 Å². The standard InChI is InChI=1S/C12H26Si/c1-3-9-13(10-4-2)11-7-5-6-8-12-13/h3-12H2,1-2H3. The highest BCUT2D eigenvalue weighted by Crippen LogP contribution is 2.35. The Hall–Kier alpha value is 0.217. The third-order valence-electron chi connectivity index (χ3n) is 3.72. The van der Waals surface area contributed by atoms with E-state index in [0.717, 1.165) is 0 Å². The first-order valence-electron chi connectivity index (χ1n) is 6.33. The van der Waals surface area contributed by atoms with Crippen molar-refractivity contribution in [3.05, 3.63) is 0 Å². The molecule has 0 aromatic carbocycles. The van der Waals surface area contributed by atoms with Crippen molar-refractivity contribution in [2.45, 2.75) is 76.5 Å². The van der Waals surface area contributed by atoms with Gasteiger partial charge in [0.2, 0.25) is 0 Å². The van der Waals surface area contributed by atoms with Crippen molar-refractivity contribution >= 4 is 8.07 Å². The first-order chi connectivity index (χ1) is 6.33. The van der Waals surface area contributed by atoms with E-state index in [1.165, 1.54) is 25.7 Å². The van der Waals surface area contributed by atoms with Crippen LogP contribution in [0.5, 0.6) is 0 Å². The molecule has 1 aliphatic rings. The molecule has 0 aromatic rings. The third kappa shape index (κ3) is 3.45. The van der Waals surface area contributed by atoms with Crippen LogP contribution in [0.3, 0.4) is 0 Å². The predicted octanol–water partition coefficient (Wildman–Crippen LogP) is 4.83. The summed E-state index contributed by atoms with van der Waals surface area (Å²) in [5.74, 6) is 0. The number of hydrogen-bond acceptors (Lipinski definition) is 0. The van der Waals surface area contributed by atoms with E-state index >= 15 is 0 Å². The van der Waals surface area contributed by atoms with Crippen molar-refractivity contribution < 1.29 is 0 Å². The molecule has 0 unspecified atom stereocenters. The highest BCUT2D eigenvalue weighted by Gasteiger charge is 2.30. The van der Waals surface area contributed by atoms with Crippen LogP contribution in [0.15, 0.2) is 0 Å². The minimum absolute atomic E-state index is 0.733. The van der Waals surface area contributed by atoms with E-state index in [0.29, 0.717) is 0 Å². The van der Waals surface area contributed by atoms with Gasteiger partial charge in [0.15, 0.2) is 0 Å². The fourth-order valence-corrected chi connectivity index (χ4v) is 8.79. The highest BCUT2D eigenvalue weighted by atomic mass is 28.3. The predicted molar refractivity (Wildman–Crippen MR) is 64.0 cm³/mol. The molecule has 1 heterocycles. The summed E-state index contributed by atoms with van der Waals surface area (Å²) in [6, 6.07) is 6.57. The summed E-state index contributed by atoms with van der Waals surface area (Å²) in [5.41, 5.74) is 0. The molecule has 1 aliphatic heterocycles. The second-order valence-electron chi connectivity index (χ2n) is 4.91. The lowest BCUT2D eigenvalue weighted by Crippen LogP contribution is -2.32. The van der Waals surface area contributed by atoms with E-state index in [-0.39, 0.29) is 0 Å². The average Bonchev–Trinajstić information content (AvgIpc) is 2.32. The molecule has 0 aromatic heterocycles. The molecule has 0 nitrogen and oxygen atoms in total. The fourth-order valence-electron chi connectivity index (χ4n) is 3.16. The summed E-state index contributed by atoms with van der Waals surface area (Å²) in [7, 11) is -0.733. The molecular weight excluding hydrogens is 172 g/mol. The van der Waals surface area contributed by atoms with Gasteiger partial charge in [-0.1, -0.05) is 76.5 Å². The van der Waals surface area contributed by atoms with Gasteiger partial charge in [0, 0.05) is 0 Å². The molecule has 0 spiro atoms. The van der Waals surface area contributed by atoms with Gasteiger partial charge in [-0.05, 0) is 0 Å². The molecule has 0 radical (unpaired) electrons. The molecule has 13 heavy (non-hydrogen) atoms. The quantitative estimate of drug-likeness (QED) is 0.568. The SMILES string of the molecule is CCC[Si]1(CCC)CCCCCC1.